The van der Waals surface area contributed by atoms with Crippen LogP contribution in [0.15, 0.2) is 17.0 Å². The molecule has 0 fully saturated rings. The average molecular weight is 262 g/mol. The van der Waals surface area contributed by atoms with Gasteiger partial charge in [0.15, 0.2) is 0 Å². The molecule has 17 heavy (non-hydrogen) atoms. The summed E-state index contributed by atoms with van der Waals surface area (Å²) in [4.78, 5) is -0.731. The molecule has 8 heteroatoms. The molecule has 1 aromatic carbocycles. The second-order valence-electron chi connectivity index (χ2n) is 3.18. The van der Waals surface area contributed by atoms with Crippen LogP contribution < -0.4 is 9.88 Å². The van der Waals surface area contributed by atoms with Gasteiger partial charge in [0.25, 0.3) is 0 Å². The Morgan fingerprint density at radius 1 is 1.47 bits per heavy atom. The number of hydrogen-bond donors (Lipinski definition) is 1. The normalized spacial score (nSPS) is 11.3. The third-order valence-corrected chi connectivity index (χ3v) is 2.81. The average Bonchev–Trinajstić information content (AvgIpc) is 2.13. The highest BCUT2D eigenvalue weighted by molar-refractivity contribution is 7.89. The molecule has 0 saturated heterocycles. The van der Waals surface area contributed by atoms with Crippen LogP contribution in [0.25, 0.3) is 0 Å². The number of sulfonamides is 1. The summed E-state index contributed by atoms with van der Waals surface area (Å²) in [7, 11) is -4.32. The maximum absolute atomic E-state index is 12.1. The monoisotopic (exact) mass is 262 g/mol. The van der Waals surface area contributed by atoms with E-state index in [0.717, 1.165) is 6.07 Å². The Bertz CT molecular complexity index is 579. The maximum Gasteiger partial charge on any atom is 0.387 e. The number of benzene rings is 1. The number of nitrogens with two attached hydrogens (primary N) is 1. The van der Waals surface area contributed by atoms with E-state index in [9.17, 15) is 17.2 Å². The van der Waals surface area contributed by atoms with E-state index in [1.54, 1.807) is 6.07 Å². The van der Waals surface area contributed by atoms with Gasteiger partial charge in [0, 0.05) is 0 Å². The van der Waals surface area contributed by atoms with E-state index in [-0.39, 0.29) is 5.56 Å². The molecule has 0 bridgehead atoms. The molecule has 0 aromatic heterocycles. The number of alkyl halides is 2. The van der Waals surface area contributed by atoms with Crippen LogP contribution in [-0.2, 0) is 10.0 Å². The Labute approximate surface area is 96.5 Å². The molecule has 1 rings (SSSR count). The van der Waals surface area contributed by atoms with E-state index in [1.165, 1.54) is 13.0 Å². The predicted molar refractivity (Wildman–Crippen MR) is 53.9 cm³/mol. The molecule has 0 spiro atoms. The third kappa shape index (κ3) is 3.12. The molecule has 0 heterocycles. The molecule has 0 amide bonds. The highest BCUT2D eigenvalue weighted by Crippen LogP contribution is 2.29. The van der Waals surface area contributed by atoms with Crippen molar-refractivity contribution in [3.63, 3.8) is 0 Å². The van der Waals surface area contributed by atoms with Crippen LogP contribution in [0, 0.1) is 18.3 Å². The summed E-state index contributed by atoms with van der Waals surface area (Å²) in [5.41, 5.74) is 0.0766. The fraction of sp³-hybridized carbons (Fsp3) is 0.222. The van der Waals surface area contributed by atoms with Gasteiger partial charge in [0.05, 0.1) is 5.56 Å². The predicted octanol–water partition coefficient (Wildman–Crippen LogP) is 1.12. The first kappa shape index (κ1) is 13.3. The number of nitriles is 1. The lowest BCUT2D eigenvalue weighted by molar-refractivity contribution is -0.0517. The Hall–Kier alpha value is -1.72. The fourth-order valence-electron chi connectivity index (χ4n) is 1.30. The van der Waals surface area contributed by atoms with Crippen molar-refractivity contribution in [2.75, 3.05) is 0 Å². The topological polar surface area (TPSA) is 93.2 Å². The first-order valence-corrected chi connectivity index (χ1v) is 5.82. The molecule has 5 nitrogen and oxygen atoms in total. The second kappa shape index (κ2) is 4.65. The van der Waals surface area contributed by atoms with E-state index in [4.69, 9.17) is 10.4 Å². The van der Waals surface area contributed by atoms with Crippen LogP contribution >= 0.6 is 0 Å². The Morgan fingerprint density at radius 3 is 2.47 bits per heavy atom. The second-order valence-corrected chi connectivity index (χ2v) is 4.67. The quantitative estimate of drug-likeness (QED) is 0.883. The number of ether oxygens (including phenoxy) is 1. The van der Waals surface area contributed by atoms with Gasteiger partial charge in [-0.15, -0.1) is 0 Å². The van der Waals surface area contributed by atoms with Gasteiger partial charge in [-0.3, -0.25) is 0 Å². The highest BCUT2D eigenvalue weighted by Gasteiger charge is 2.23. The molecule has 0 aliphatic carbocycles. The smallest absolute Gasteiger partial charge is 0.387 e. The van der Waals surface area contributed by atoms with E-state index in [2.05, 4.69) is 4.74 Å². The molecular formula is C9H8F2N2O3S. The number of nitrogens with zero attached hydrogens (tertiary/aromatic N) is 1. The summed E-state index contributed by atoms with van der Waals surface area (Å²) in [5, 5.41) is 13.6. The minimum absolute atomic E-state index is 0.330. The lowest BCUT2D eigenvalue weighted by atomic mass is 10.1. The molecule has 0 atom stereocenters. The molecular weight excluding hydrogens is 254 g/mol. The maximum atomic E-state index is 12.1. The van der Waals surface area contributed by atoms with E-state index in [1.807, 2.05) is 0 Å². The zero-order valence-corrected chi connectivity index (χ0v) is 9.46. The summed E-state index contributed by atoms with van der Waals surface area (Å²) in [6, 6.07) is 3.87. The van der Waals surface area contributed by atoms with Crippen LogP contribution in [-0.4, -0.2) is 15.0 Å². The number of hydrogen-bond acceptors (Lipinski definition) is 4. The van der Waals surface area contributed by atoms with Gasteiger partial charge in [-0.25, -0.2) is 13.6 Å². The Balaban J connectivity index is 3.58. The third-order valence-electron chi connectivity index (χ3n) is 1.82. The summed E-state index contributed by atoms with van der Waals surface area (Å²) >= 11 is 0. The minimum atomic E-state index is -4.32. The van der Waals surface area contributed by atoms with Crippen LogP contribution in [0.1, 0.15) is 11.1 Å². The lowest BCUT2D eigenvalue weighted by Gasteiger charge is -2.11. The number of halogens is 2. The van der Waals surface area contributed by atoms with Crippen molar-refractivity contribution >= 4 is 10.0 Å². The van der Waals surface area contributed by atoms with Gasteiger partial charge >= 0.3 is 6.61 Å². The van der Waals surface area contributed by atoms with E-state index in [0.29, 0.717) is 5.56 Å². The van der Waals surface area contributed by atoms with Crippen LogP contribution in [0.3, 0.4) is 0 Å². The summed E-state index contributed by atoms with van der Waals surface area (Å²) in [6.45, 7) is -1.70. The van der Waals surface area contributed by atoms with Crippen molar-refractivity contribution in [2.24, 2.45) is 5.14 Å². The SMILES string of the molecule is Cc1cc(C#N)c(S(N)(=O)=O)c(OC(F)F)c1. The van der Waals surface area contributed by atoms with Crippen molar-refractivity contribution in [2.45, 2.75) is 18.4 Å². The fourth-order valence-corrected chi connectivity index (χ4v) is 2.10. The summed E-state index contributed by atoms with van der Waals surface area (Å²) < 4.78 is 50.7. The van der Waals surface area contributed by atoms with Crippen molar-refractivity contribution in [1.29, 1.82) is 5.26 Å². The van der Waals surface area contributed by atoms with Crippen molar-refractivity contribution < 1.29 is 21.9 Å². The zero-order valence-electron chi connectivity index (χ0n) is 8.65. The molecule has 0 radical (unpaired) electrons. The molecule has 92 valence electrons. The van der Waals surface area contributed by atoms with Crippen LogP contribution in [0.2, 0.25) is 0 Å². The molecule has 1 aromatic rings. The number of rotatable bonds is 3. The highest BCUT2D eigenvalue weighted by atomic mass is 32.2. The Kier molecular flexibility index (Phi) is 3.65. The molecule has 0 saturated carbocycles. The zero-order chi connectivity index (χ0) is 13.2. The van der Waals surface area contributed by atoms with Gasteiger partial charge < -0.3 is 4.74 Å². The molecule has 0 unspecified atom stereocenters. The summed E-state index contributed by atoms with van der Waals surface area (Å²) in [6.07, 6.45) is 0. The number of primary sulfonamides is 1. The van der Waals surface area contributed by atoms with Crippen LogP contribution in [0.4, 0.5) is 8.78 Å². The number of aryl methyl sites for hydroxylation is 1. The first-order chi connectivity index (χ1) is 7.75. The minimum Gasteiger partial charge on any atom is -0.433 e. The van der Waals surface area contributed by atoms with E-state index >= 15 is 0 Å². The summed E-state index contributed by atoms with van der Waals surface area (Å²) in [5.74, 6) is -0.626. The molecule has 2 N–H and O–H groups in total. The van der Waals surface area contributed by atoms with Crippen molar-refractivity contribution in [3.8, 4) is 11.8 Å². The Morgan fingerprint density at radius 2 is 2.06 bits per heavy atom. The molecule has 0 aliphatic heterocycles. The van der Waals surface area contributed by atoms with Gasteiger partial charge in [-0.05, 0) is 24.6 Å². The van der Waals surface area contributed by atoms with Crippen LogP contribution in [0.5, 0.6) is 5.75 Å². The van der Waals surface area contributed by atoms with Crippen molar-refractivity contribution in [1.82, 2.24) is 0 Å². The first-order valence-electron chi connectivity index (χ1n) is 4.28. The lowest BCUT2D eigenvalue weighted by Crippen LogP contribution is -2.17. The van der Waals surface area contributed by atoms with Crippen molar-refractivity contribution in [3.05, 3.63) is 23.3 Å². The van der Waals surface area contributed by atoms with Gasteiger partial charge in [-0.2, -0.15) is 14.0 Å². The standard InChI is InChI=1S/C9H8F2N2O3S/c1-5-2-6(4-12)8(17(13,14)15)7(3-5)16-9(10)11/h2-3,9H,1H3,(H2,13,14,15). The largest absolute Gasteiger partial charge is 0.433 e. The molecule has 0 aliphatic rings. The van der Waals surface area contributed by atoms with Gasteiger partial charge in [-0.1, -0.05) is 0 Å². The van der Waals surface area contributed by atoms with Gasteiger partial charge in [0.1, 0.15) is 16.7 Å². The van der Waals surface area contributed by atoms with E-state index < -0.39 is 27.3 Å². The van der Waals surface area contributed by atoms with Gasteiger partial charge in [0.2, 0.25) is 10.0 Å².